The minimum Gasteiger partial charge on any atom is -0.399 e. The van der Waals surface area contributed by atoms with Crippen molar-refractivity contribution in [3.8, 4) is 0 Å². The highest BCUT2D eigenvalue weighted by atomic mass is 32.2. The lowest BCUT2D eigenvalue weighted by molar-refractivity contribution is 0.929. The number of fused-ring (bicyclic) bond motifs is 1. The summed E-state index contributed by atoms with van der Waals surface area (Å²) in [4.78, 5) is 16.3. The first-order chi connectivity index (χ1) is 9.20. The lowest BCUT2D eigenvalue weighted by Gasteiger charge is -1.98. The third-order valence-corrected chi connectivity index (χ3v) is 3.54. The van der Waals surface area contributed by atoms with Crippen LogP contribution in [0.2, 0.25) is 0 Å². The third kappa shape index (κ3) is 2.68. The molecule has 96 valence electrons. The normalized spacial score (nSPS) is 11.0. The lowest BCUT2D eigenvalue weighted by Crippen LogP contribution is -1.90. The van der Waals surface area contributed by atoms with E-state index < -0.39 is 0 Å². The number of anilines is 1. The number of nitrogens with zero attached hydrogens (tertiary/aromatic N) is 3. The van der Waals surface area contributed by atoms with Gasteiger partial charge in [-0.1, -0.05) is 11.8 Å². The molecule has 0 radical (unpaired) electrons. The van der Waals surface area contributed by atoms with Crippen molar-refractivity contribution < 1.29 is 0 Å². The second-order valence-corrected chi connectivity index (χ2v) is 5.17. The zero-order valence-corrected chi connectivity index (χ0v) is 11.2. The summed E-state index contributed by atoms with van der Waals surface area (Å²) in [5.41, 5.74) is 9.33. The number of rotatable bonds is 3. The topological polar surface area (TPSA) is 80.5 Å². The van der Waals surface area contributed by atoms with E-state index in [9.17, 15) is 0 Å². The predicted octanol–water partition coefficient (Wildman–Crippen LogP) is 2.54. The standard InChI is InChI=1S/C13H13N5S/c1-8-4-5-15-13(16-8)19-7-12-17-10-3-2-9(14)6-11(10)18-12/h2-6H,7,14H2,1H3,(H,17,18). The maximum atomic E-state index is 5.74. The highest BCUT2D eigenvalue weighted by Gasteiger charge is 2.05. The predicted molar refractivity (Wildman–Crippen MR) is 76.8 cm³/mol. The molecule has 0 spiro atoms. The van der Waals surface area contributed by atoms with E-state index in [0.29, 0.717) is 5.75 Å². The highest BCUT2D eigenvalue weighted by Crippen LogP contribution is 2.20. The van der Waals surface area contributed by atoms with Crippen LogP contribution in [0.25, 0.3) is 11.0 Å². The van der Waals surface area contributed by atoms with E-state index in [1.807, 2.05) is 31.2 Å². The summed E-state index contributed by atoms with van der Waals surface area (Å²) in [5, 5.41) is 0.764. The fourth-order valence-corrected chi connectivity index (χ4v) is 2.52. The molecular weight excluding hydrogens is 258 g/mol. The number of thioether (sulfide) groups is 1. The third-order valence-electron chi connectivity index (χ3n) is 2.67. The molecule has 3 aromatic rings. The average Bonchev–Trinajstić information content (AvgIpc) is 2.78. The van der Waals surface area contributed by atoms with Gasteiger partial charge in [-0.3, -0.25) is 0 Å². The fourth-order valence-electron chi connectivity index (χ4n) is 1.78. The highest BCUT2D eigenvalue weighted by molar-refractivity contribution is 7.98. The Morgan fingerprint density at radius 3 is 3.00 bits per heavy atom. The molecule has 0 aliphatic heterocycles. The summed E-state index contributed by atoms with van der Waals surface area (Å²) < 4.78 is 0. The molecule has 0 aliphatic rings. The molecule has 0 amide bonds. The minimum absolute atomic E-state index is 0.706. The molecule has 3 rings (SSSR count). The molecule has 1 aromatic carbocycles. The van der Waals surface area contributed by atoms with Crippen LogP contribution in [-0.2, 0) is 5.75 Å². The first-order valence-electron chi connectivity index (χ1n) is 5.87. The first kappa shape index (κ1) is 12.0. The molecule has 0 saturated heterocycles. The number of aryl methyl sites for hydroxylation is 1. The van der Waals surface area contributed by atoms with Gasteiger partial charge < -0.3 is 10.7 Å². The average molecular weight is 271 g/mol. The Hall–Kier alpha value is -2.08. The summed E-state index contributed by atoms with van der Waals surface area (Å²) in [5.74, 6) is 1.61. The van der Waals surface area contributed by atoms with Crippen molar-refractivity contribution in [1.29, 1.82) is 0 Å². The van der Waals surface area contributed by atoms with Crippen LogP contribution < -0.4 is 5.73 Å². The van der Waals surface area contributed by atoms with E-state index in [1.54, 1.807) is 18.0 Å². The van der Waals surface area contributed by atoms with E-state index in [1.165, 1.54) is 0 Å². The zero-order chi connectivity index (χ0) is 13.2. The van der Waals surface area contributed by atoms with Crippen LogP contribution in [0.4, 0.5) is 5.69 Å². The number of nitrogens with two attached hydrogens (primary N) is 1. The number of aromatic amines is 1. The molecule has 0 saturated carbocycles. The minimum atomic E-state index is 0.706. The van der Waals surface area contributed by atoms with Crippen molar-refractivity contribution in [3.63, 3.8) is 0 Å². The Morgan fingerprint density at radius 1 is 1.26 bits per heavy atom. The van der Waals surface area contributed by atoms with Crippen molar-refractivity contribution in [2.45, 2.75) is 17.8 Å². The van der Waals surface area contributed by atoms with Gasteiger partial charge in [-0.2, -0.15) is 0 Å². The van der Waals surface area contributed by atoms with Crippen LogP contribution >= 0.6 is 11.8 Å². The number of benzene rings is 1. The quantitative estimate of drug-likeness (QED) is 0.434. The summed E-state index contributed by atoms with van der Waals surface area (Å²) >= 11 is 1.56. The lowest BCUT2D eigenvalue weighted by atomic mass is 10.3. The van der Waals surface area contributed by atoms with Gasteiger partial charge in [0.15, 0.2) is 5.16 Å². The van der Waals surface area contributed by atoms with E-state index >= 15 is 0 Å². The Balaban J connectivity index is 1.78. The van der Waals surface area contributed by atoms with Crippen LogP contribution in [0.5, 0.6) is 0 Å². The molecule has 19 heavy (non-hydrogen) atoms. The Labute approximate surface area is 114 Å². The number of hydrogen-bond acceptors (Lipinski definition) is 5. The Morgan fingerprint density at radius 2 is 2.16 bits per heavy atom. The fraction of sp³-hybridized carbons (Fsp3) is 0.154. The monoisotopic (exact) mass is 271 g/mol. The zero-order valence-electron chi connectivity index (χ0n) is 10.4. The van der Waals surface area contributed by atoms with Crippen molar-refractivity contribution in [3.05, 3.63) is 42.0 Å². The second kappa shape index (κ2) is 4.89. The van der Waals surface area contributed by atoms with E-state index in [-0.39, 0.29) is 0 Å². The number of hydrogen-bond donors (Lipinski definition) is 2. The van der Waals surface area contributed by atoms with Crippen molar-refractivity contribution in [2.75, 3.05) is 5.73 Å². The maximum absolute atomic E-state index is 5.74. The van der Waals surface area contributed by atoms with E-state index in [2.05, 4.69) is 19.9 Å². The first-order valence-corrected chi connectivity index (χ1v) is 6.86. The van der Waals surface area contributed by atoms with Crippen molar-refractivity contribution in [1.82, 2.24) is 19.9 Å². The SMILES string of the molecule is Cc1ccnc(SCc2nc3ccc(N)cc3[nH]2)n1. The van der Waals surface area contributed by atoms with Gasteiger partial charge >= 0.3 is 0 Å². The molecule has 2 aromatic heterocycles. The second-order valence-electron chi connectivity index (χ2n) is 4.23. The Kier molecular flexibility index (Phi) is 3.08. The number of nitrogens with one attached hydrogen (secondary N) is 1. The summed E-state index contributed by atoms with van der Waals surface area (Å²) in [6.45, 7) is 1.95. The van der Waals surface area contributed by atoms with Crippen LogP contribution in [0.15, 0.2) is 35.6 Å². The Bertz CT molecular complexity index is 722. The summed E-state index contributed by atoms with van der Waals surface area (Å²) in [7, 11) is 0. The molecular formula is C13H13N5S. The molecule has 0 aliphatic carbocycles. The molecule has 5 nitrogen and oxygen atoms in total. The van der Waals surface area contributed by atoms with Gasteiger partial charge in [-0.25, -0.2) is 15.0 Å². The van der Waals surface area contributed by atoms with Crippen LogP contribution in [0, 0.1) is 6.92 Å². The largest absolute Gasteiger partial charge is 0.399 e. The number of nitrogen functional groups attached to an aromatic ring is 1. The van der Waals surface area contributed by atoms with Gasteiger partial charge in [0.05, 0.1) is 16.8 Å². The van der Waals surface area contributed by atoms with Gasteiger partial charge in [-0.15, -0.1) is 0 Å². The molecule has 2 heterocycles. The van der Waals surface area contributed by atoms with Crippen LogP contribution in [0.3, 0.4) is 0 Å². The van der Waals surface area contributed by atoms with Gasteiger partial charge in [0.25, 0.3) is 0 Å². The molecule has 6 heteroatoms. The number of imidazole rings is 1. The van der Waals surface area contributed by atoms with Gasteiger partial charge in [-0.05, 0) is 31.2 Å². The van der Waals surface area contributed by atoms with Crippen LogP contribution in [0.1, 0.15) is 11.5 Å². The van der Waals surface area contributed by atoms with Gasteiger partial charge in [0.2, 0.25) is 0 Å². The van der Waals surface area contributed by atoms with Crippen molar-refractivity contribution in [2.24, 2.45) is 0 Å². The molecule has 3 N–H and O–H groups in total. The van der Waals surface area contributed by atoms with Crippen molar-refractivity contribution >= 4 is 28.5 Å². The van der Waals surface area contributed by atoms with Gasteiger partial charge in [0.1, 0.15) is 5.82 Å². The summed E-state index contributed by atoms with van der Waals surface area (Å²) in [6.07, 6.45) is 1.77. The van der Waals surface area contributed by atoms with E-state index in [0.717, 1.165) is 33.4 Å². The molecule has 0 bridgehead atoms. The van der Waals surface area contributed by atoms with E-state index in [4.69, 9.17) is 5.73 Å². The smallest absolute Gasteiger partial charge is 0.188 e. The number of aromatic nitrogens is 4. The molecule has 0 atom stereocenters. The van der Waals surface area contributed by atoms with Crippen LogP contribution in [-0.4, -0.2) is 19.9 Å². The maximum Gasteiger partial charge on any atom is 0.188 e. The number of H-pyrrole nitrogens is 1. The molecule has 0 unspecified atom stereocenters. The molecule has 0 fully saturated rings. The van der Waals surface area contributed by atoms with Gasteiger partial charge in [0, 0.05) is 17.6 Å². The summed E-state index contributed by atoms with van der Waals surface area (Å²) in [6, 6.07) is 7.54.